The Morgan fingerprint density at radius 2 is 1.95 bits per heavy atom. The molecule has 3 atom stereocenters. The van der Waals surface area contributed by atoms with E-state index in [4.69, 9.17) is 4.74 Å². The Morgan fingerprint density at radius 3 is 2.50 bits per heavy atom. The Balaban J connectivity index is 2.09. The molecule has 2 unspecified atom stereocenters. The number of allylic oxidation sites excluding steroid dienone is 5. The molecule has 22 heavy (non-hydrogen) atoms. The van der Waals surface area contributed by atoms with Gasteiger partial charge in [0.25, 0.3) is 0 Å². The van der Waals surface area contributed by atoms with Gasteiger partial charge in [-0.2, -0.15) is 0 Å². The van der Waals surface area contributed by atoms with E-state index in [1.807, 2.05) is 33.8 Å². The summed E-state index contributed by atoms with van der Waals surface area (Å²) in [6.45, 7) is 12.0. The summed E-state index contributed by atoms with van der Waals surface area (Å²) in [6.07, 6.45) is 5.68. The van der Waals surface area contributed by atoms with E-state index < -0.39 is 6.10 Å². The number of rotatable bonds is 4. The second-order valence-corrected chi connectivity index (χ2v) is 7.22. The van der Waals surface area contributed by atoms with Crippen molar-refractivity contribution in [2.24, 2.45) is 17.3 Å². The highest BCUT2D eigenvalue weighted by Gasteiger charge is 2.61. The van der Waals surface area contributed by atoms with E-state index >= 15 is 0 Å². The topological polar surface area (TPSA) is 43.4 Å². The van der Waals surface area contributed by atoms with Crippen molar-refractivity contribution in [1.82, 2.24) is 0 Å². The number of carbonyl (C=O) groups excluding carboxylic acids is 2. The Morgan fingerprint density at radius 1 is 1.32 bits per heavy atom. The fraction of sp³-hybridized carbons (Fsp3) is 0.579. The summed E-state index contributed by atoms with van der Waals surface area (Å²) in [5.41, 5.74) is 2.72. The maximum absolute atomic E-state index is 12.5. The van der Waals surface area contributed by atoms with Crippen molar-refractivity contribution in [3.63, 3.8) is 0 Å². The van der Waals surface area contributed by atoms with Gasteiger partial charge >= 0.3 is 5.97 Å². The van der Waals surface area contributed by atoms with Crippen molar-refractivity contribution in [2.75, 3.05) is 0 Å². The van der Waals surface area contributed by atoms with Gasteiger partial charge in [0.15, 0.2) is 5.78 Å². The van der Waals surface area contributed by atoms with Crippen LogP contribution in [0.25, 0.3) is 0 Å². The average molecular weight is 302 g/mol. The van der Waals surface area contributed by atoms with Crippen LogP contribution in [0.4, 0.5) is 0 Å². The van der Waals surface area contributed by atoms with E-state index in [-0.39, 0.29) is 35.4 Å². The third-order valence-electron chi connectivity index (χ3n) is 4.85. The molecule has 1 fully saturated rings. The van der Waals surface area contributed by atoms with Crippen molar-refractivity contribution in [2.45, 2.75) is 54.1 Å². The molecule has 0 aliphatic heterocycles. The summed E-state index contributed by atoms with van der Waals surface area (Å²) < 4.78 is 5.66. The molecule has 2 aliphatic rings. The Hall–Kier alpha value is -1.64. The van der Waals surface area contributed by atoms with E-state index in [1.54, 1.807) is 6.08 Å². The fourth-order valence-electron chi connectivity index (χ4n) is 3.36. The van der Waals surface area contributed by atoms with Gasteiger partial charge in [0.05, 0.1) is 12.3 Å². The summed E-state index contributed by atoms with van der Waals surface area (Å²) in [4.78, 5) is 24.5. The van der Waals surface area contributed by atoms with Gasteiger partial charge in [-0.1, -0.05) is 37.6 Å². The summed E-state index contributed by atoms with van der Waals surface area (Å²) in [6, 6.07) is 0. The summed E-state index contributed by atoms with van der Waals surface area (Å²) in [5, 5.41) is 0. The maximum Gasteiger partial charge on any atom is 0.310 e. The molecule has 1 saturated carbocycles. The Labute approximate surface area is 133 Å². The molecule has 120 valence electrons. The van der Waals surface area contributed by atoms with Crippen molar-refractivity contribution in [3.8, 4) is 0 Å². The minimum Gasteiger partial charge on any atom is -0.457 e. The van der Waals surface area contributed by atoms with Gasteiger partial charge in [-0.15, -0.1) is 0 Å². The van der Waals surface area contributed by atoms with Crippen molar-refractivity contribution >= 4 is 11.8 Å². The Kier molecular flexibility index (Phi) is 4.46. The van der Waals surface area contributed by atoms with Crippen LogP contribution in [0.15, 0.2) is 34.9 Å². The SMILES string of the molecule is C/C=C/C1=C(C)C(OC(=O)C2[C@@H](C=C(C)C)C2(C)C)CC1=O. The van der Waals surface area contributed by atoms with Gasteiger partial charge in [0, 0.05) is 5.57 Å². The molecule has 0 aromatic rings. The number of carbonyl (C=O) groups is 2. The van der Waals surface area contributed by atoms with Gasteiger partial charge in [0.1, 0.15) is 6.10 Å². The lowest BCUT2D eigenvalue weighted by Gasteiger charge is -2.13. The predicted molar refractivity (Wildman–Crippen MR) is 87.2 cm³/mol. The predicted octanol–water partition coefficient (Wildman–Crippen LogP) is 4.00. The molecule has 3 heteroatoms. The molecule has 0 heterocycles. The largest absolute Gasteiger partial charge is 0.457 e. The first-order valence-electron chi connectivity index (χ1n) is 7.92. The third-order valence-corrected chi connectivity index (χ3v) is 4.85. The summed E-state index contributed by atoms with van der Waals surface area (Å²) in [5.74, 6) is 0.0214. The van der Waals surface area contributed by atoms with Gasteiger partial charge in [-0.3, -0.25) is 9.59 Å². The van der Waals surface area contributed by atoms with Crippen LogP contribution in [0.1, 0.15) is 48.0 Å². The van der Waals surface area contributed by atoms with E-state index in [0.29, 0.717) is 5.57 Å². The van der Waals surface area contributed by atoms with Crippen LogP contribution in [-0.4, -0.2) is 17.9 Å². The van der Waals surface area contributed by atoms with Gasteiger partial charge < -0.3 is 4.74 Å². The molecular weight excluding hydrogens is 276 g/mol. The van der Waals surface area contributed by atoms with E-state index in [1.165, 1.54) is 5.57 Å². The van der Waals surface area contributed by atoms with Gasteiger partial charge in [-0.25, -0.2) is 0 Å². The fourth-order valence-corrected chi connectivity index (χ4v) is 3.36. The number of ether oxygens (including phenoxy) is 1. The van der Waals surface area contributed by atoms with E-state index in [9.17, 15) is 9.59 Å². The third kappa shape index (κ3) is 2.94. The lowest BCUT2D eigenvalue weighted by molar-refractivity contribution is -0.150. The number of ketones is 1. The molecule has 2 rings (SSSR count). The van der Waals surface area contributed by atoms with E-state index in [2.05, 4.69) is 19.9 Å². The molecule has 0 aromatic carbocycles. The standard InChI is InChI=1S/C19H26O3/c1-7-8-13-12(4)16(10-15(13)20)22-18(21)17-14(9-11(2)3)19(17,5)6/h7-9,14,16-17H,10H2,1-6H3/b8-7+/t14-,16?,17?/m1/s1. The van der Waals surface area contributed by atoms with Crippen LogP contribution in [0.5, 0.6) is 0 Å². The van der Waals surface area contributed by atoms with Crippen LogP contribution >= 0.6 is 0 Å². The lowest BCUT2D eigenvalue weighted by atomic mass is 10.1. The molecular formula is C19H26O3. The summed E-state index contributed by atoms with van der Waals surface area (Å²) >= 11 is 0. The average Bonchev–Trinajstić information content (AvgIpc) is 2.83. The molecule has 0 bridgehead atoms. The number of hydrogen-bond acceptors (Lipinski definition) is 3. The quantitative estimate of drug-likeness (QED) is 0.582. The van der Waals surface area contributed by atoms with Gasteiger partial charge in [0.2, 0.25) is 0 Å². The molecule has 0 saturated heterocycles. The van der Waals surface area contributed by atoms with Crippen molar-refractivity contribution in [3.05, 3.63) is 34.9 Å². The second-order valence-electron chi connectivity index (χ2n) is 7.22. The maximum atomic E-state index is 12.5. The summed E-state index contributed by atoms with van der Waals surface area (Å²) in [7, 11) is 0. The minimum absolute atomic E-state index is 0.0548. The highest BCUT2D eigenvalue weighted by Crippen LogP contribution is 2.60. The molecule has 0 amide bonds. The van der Waals surface area contributed by atoms with Crippen LogP contribution < -0.4 is 0 Å². The number of Topliss-reactive ketones (excluding diaryl/α,β-unsaturated/α-hetero) is 1. The van der Waals surface area contributed by atoms with Crippen LogP contribution in [-0.2, 0) is 14.3 Å². The molecule has 3 nitrogen and oxygen atoms in total. The number of esters is 1. The zero-order valence-electron chi connectivity index (χ0n) is 14.4. The highest BCUT2D eigenvalue weighted by atomic mass is 16.5. The van der Waals surface area contributed by atoms with Crippen LogP contribution in [0.2, 0.25) is 0 Å². The van der Waals surface area contributed by atoms with Crippen molar-refractivity contribution in [1.29, 1.82) is 0 Å². The number of hydrogen-bond donors (Lipinski definition) is 0. The molecule has 0 aromatic heterocycles. The molecule has 0 spiro atoms. The first-order valence-corrected chi connectivity index (χ1v) is 7.92. The zero-order valence-corrected chi connectivity index (χ0v) is 14.4. The van der Waals surface area contributed by atoms with Gasteiger partial charge in [-0.05, 0) is 44.6 Å². The van der Waals surface area contributed by atoms with Crippen LogP contribution in [0.3, 0.4) is 0 Å². The molecule has 0 radical (unpaired) electrons. The Bertz CT molecular complexity index is 586. The first-order chi connectivity index (χ1) is 10.2. The van der Waals surface area contributed by atoms with Crippen LogP contribution in [0, 0.1) is 17.3 Å². The molecule has 0 N–H and O–H groups in total. The second kappa shape index (κ2) is 5.86. The zero-order chi connectivity index (χ0) is 16.7. The minimum atomic E-state index is -0.394. The molecule has 2 aliphatic carbocycles. The van der Waals surface area contributed by atoms with E-state index in [0.717, 1.165) is 5.57 Å². The monoisotopic (exact) mass is 302 g/mol. The van der Waals surface area contributed by atoms with Crippen molar-refractivity contribution < 1.29 is 14.3 Å². The highest BCUT2D eigenvalue weighted by molar-refractivity contribution is 6.02. The normalized spacial score (nSPS) is 29.9. The first kappa shape index (κ1) is 16.7. The smallest absolute Gasteiger partial charge is 0.310 e. The lowest BCUT2D eigenvalue weighted by Crippen LogP contribution is -2.20.